The van der Waals surface area contributed by atoms with Crippen LogP contribution < -0.4 is 10.6 Å². The lowest BCUT2D eigenvalue weighted by Crippen LogP contribution is -2.55. The molecule has 3 aliphatic rings. The number of amides is 3. The van der Waals surface area contributed by atoms with Crippen LogP contribution in [-0.2, 0) is 19.1 Å². The van der Waals surface area contributed by atoms with E-state index in [1.165, 1.54) is 0 Å². The van der Waals surface area contributed by atoms with E-state index in [9.17, 15) is 19.5 Å². The maximum absolute atomic E-state index is 13.6. The van der Waals surface area contributed by atoms with E-state index >= 15 is 0 Å². The number of hydrogen-bond donors (Lipinski definition) is 3. The monoisotopic (exact) mass is 437 g/mol. The van der Waals surface area contributed by atoms with Crippen molar-refractivity contribution in [2.75, 3.05) is 26.2 Å². The van der Waals surface area contributed by atoms with Crippen LogP contribution in [0.4, 0.5) is 0 Å². The van der Waals surface area contributed by atoms with Gasteiger partial charge in [-0.1, -0.05) is 26.7 Å². The number of carbonyl (C=O) groups excluding carboxylic acids is 3. The summed E-state index contributed by atoms with van der Waals surface area (Å²) in [4.78, 5) is 41.7. The molecule has 3 heterocycles. The van der Waals surface area contributed by atoms with Crippen molar-refractivity contribution in [1.29, 1.82) is 0 Å². The van der Waals surface area contributed by atoms with Crippen molar-refractivity contribution in [3.8, 4) is 0 Å². The molecule has 8 heteroatoms. The van der Waals surface area contributed by atoms with E-state index in [-0.39, 0.29) is 24.3 Å². The zero-order chi connectivity index (χ0) is 22.6. The summed E-state index contributed by atoms with van der Waals surface area (Å²) < 4.78 is 6.52. The van der Waals surface area contributed by atoms with Crippen LogP contribution >= 0.6 is 0 Å². The zero-order valence-corrected chi connectivity index (χ0v) is 19.2. The summed E-state index contributed by atoms with van der Waals surface area (Å²) >= 11 is 0. The van der Waals surface area contributed by atoms with Crippen LogP contribution in [0.15, 0.2) is 0 Å². The van der Waals surface area contributed by atoms with E-state index in [2.05, 4.69) is 17.6 Å². The van der Waals surface area contributed by atoms with Crippen LogP contribution in [0.1, 0.15) is 72.1 Å². The first kappa shape index (κ1) is 24.0. The van der Waals surface area contributed by atoms with Gasteiger partial charge in [0.15, 0.2) is 0 Å². The molecule has 3 aliphatic heterocycles. The molecular formula is C23H39N3O5. The van der Waals surface area contributed by atoms with Crippen LogP contribution in [0.2, 0.25) is 0 Å². The predicted octanol–water partition coefficient (Wildman–Crippen LogP) is 1.36. The Morgan fingerprint density at radius 2 is 1.81 bits per heavy atom. The molecular weight excluding hydrogens is 398 g/mol. The lowest BCUT2D eigenvalue weighted by atomic mass is 9.66. The third kappa shape index (κ3) is 4.21. The summed E-state index contributed by atoms with van der Waals surface area (Å²) in [5, 5.41) is 15.2. The second-order valence-corrected chi connectivity index (χ2v) is 9.48. The Kier molecular flexibility index (Phi) is 7.63. The van der Waals surface area contributed by atoms with Crippen molar-refractivity contribution in [2.45, 2.75) is 89.4 Å². The fourth-order valence-corrected chi connectivity index (χ4v) is 5.80. The van der Waals surface area contributed by atoms with Gasteiger partial charge >= 0.3 is 0 Å². The summed E-state index contributed by atoms with van der Waals surface area (Å²) in [6, 6.07) is -0.726. The van der Waals surface area contributed by atoms with Crippen LogP contribution in [0.3, 0.4) is 0 Å². The normalized spacial score (nSPS) is 33.6. The minimum atomic E-state index is -0.950. The molecule has 3 rings (SSSR count). The molecule has 3 saturated heterocycles. The molecule has 0 aromatic heterocycles. The Labute approximate surface area is 185 Å². The number of hydrogen-bond acceptors (Lipinski definition) is 5. The van der Waals surface area contributed by atoms with Crippen LogP contribution in [0.5, 0.6) is 0 Å². The number of unbranched alkanes of at least 4 members (excludes halogenated alkanes) is 3. The van der Waals surface area contributed by atoms with Crippen LogP contribution in [0, 0.1) is 11.8 Å². The highest BCUT2D eigenvalue weighted by Gasteiger charge is 2.77. The van der Waals surface area contributed by atoms with Gasteiger partial charge < -0.3 is 25.4 Å². The first-order valence-corrected chi connectivity index (χ1v) is 12.0. The predicted molar refractivity (Wildman–Crippen MR) is 116 cm³/mol. The Balaban J connectivity index is 1.88. The topological polar surface area (TPSA) is 108 Å². The maximum Gasteiger partial charge on any atom is 0.245 e. The highest BCUT2D eigenvalue weighted by molar-refractivity contribution is 5.99. The third-order valence-corrected chi connectivity index (χ3v) is 7.24. The van der Waals surface area contributed by atoms with E-state index in [4.69, 9.17) is 4.74 Å². The van der Waals surface area contributed by atoms with Crippen LogP contribution in [0.25, 0.3) is 0 Å². The molecule has 8 nitrogen and oxygen atoms in total. The number of rotatable bonds is 12. The van der Waals surface area contributed by atoms with E-state index < -0.39 is 29.1 Å². The summed E-state index contributed by atoms with van der Waals surface area (Å²) in [6.07, 6.45) is 6.23. The van der Waals surface area contributed by atoms with Crippen molar-refractivity contribution >= 4 is 17.7 Å². The number of nitrogens with zero attached hydrogens (tertiary/aromatic N) is 1. The minimum absolute atomic E-state index is 0.0428. The van der Waals surface area contributed by atoms with Crippen molar-refractivity contribution in [3.63, 3.8) is 0 Å². The van der Waals surface area contributed by atoms with Crippen molar-refractivity contribution in [2.24, 2.45) is 11.8 Å². The summed E-state index contributed by atoms with van der Waals surface area (Å²) in [6.45, 7) is 7.56. The second-order valence-electron chi connectivity index (χ2n) is 9.48. The first-order chi connectivity index (χ1) is 14.9. The zero-order valence-electron chi connectivity index (χ0n) is 19.2. The average molecular weight is 438 g/mol. The SMILES string of the molecule is CCCCCNC(=O)C1N(CCCCO)C(=O)[C@@H]2[C@@H](C(=O)NCCC)[C@@]3(C)CCC12O3. The molecule has 31 heavy (non-hydrogen) atoms. The highest BCUT2D eigenvalue weighted by atomic mass is 16.5. The number of aliphatic hydroxyl groups excluding tert-OH is 1. The quantitative estimate of drug-likeness (QED) is 0.400. The number of aliphatic hydroxyl groups is 1. The number of nitrogens with one attached hydrogen (secondary N) is 2. The number of carbonyl (C=O) groups is 3. The molecule has 2 bridgehead atoms. The van der Waals surface area contributed by atoms with Crippen LogP contribution in [-0.4, -0.2) is 71.2 Å². The van der Waals surface area contributed by atoms with Gasteiger partial charge in [0.25, 0.3) is 0 Å². The molecule has 5 atom stereocenters. The van der Waals surface area contributed by atoms with Crippen molar-refractivity contribution in [3.05, 3.63) is 0 Å². The molecule has 3 amide bonds. The summed E-state index contributed by atoms with van der Waals surface area (Å²) in [7, 11) is 0. The van der Waals surface area contributed by atoms with E-state index in [0.717, 1.165) is 25.7 Å². The van der Waals surface area contributed by atoms with Gasteiger partial charge in [0.05, 0.1) is 17.4 Å². The fourth-order valence-electron chi connectivity index (χ4n) is 5.80. The minimum Gasteiger partial charge on any atom is -0.396 e. The smallest absolute Gasteiger partial charge is 0.245 e. The van der Waals surface area contributed by atoms with Crippen molar-refractivity contribution < 1.29 is 24.2 Å². The Morgan fingerprint density at radius 1 is 1.06 bits per heavy atom. The molecule has 1 spiro atoms. The van der Waals surface area contributed by atoms with Gasteiger partial charge in [0.1, 0.15) is 11.6 Å². The molecule has 0 radical (unpaired) electrons. The lowest BCUT2D eigenvalue weighted by Gasteiger charge is -2.33. The lowest BCUT2D eigenvalue weighted by molar-refractivity contribution is -0.146. The Morgan fingerprint density at radius 3 is 2.48 bits per heavy atom. The summed E-state index contributed by atoms with van der Waals surface area (Å²) in [5.74, 6) is -1.72. The van der Waals surface area contributed by atoms with E-state index in [1.807, 2.05) is 13.8 Å². The first-order valence-electron chi connectivity index (χ1n) is 12.0. The highest BCUT2D eigenvalue weighted by Crippen LogP contribution is 2.63. The average Bonchev–Trinajstić information content (AvgIpc) is 3.30. The largest absolute Gasteiger partial charge is 0.396 e. The molecule has 0 aromatic carbocycles. The number of likely N-dealkylation sites (tertiary alicyclic amines) is 1. The van der Waals surface area contributed by atoms with Gasteiger partial charge in [0.2, 0.25) is 17.7 Å². The summed E-state index contributed by atoms with van der Waals surface area (Å²) in [5.41, 5.74) is -1.68. The Hall–Kier alpha value is -1.67. The van der Waals surface area contributed by atoms with Gasteiger partial charge in [-0.2, -0.15) is 0 Å². The Bertz CT molecular complexity index is 686. The number of ether oxygens (including phenoxy) is 1. The standard InChI is InChI=1S/C23H39N3O5/c1-4-6-7-13-25-20(29)18-23-11-10-22(3,31-23)16(19(28)24-12-5-2)17(23)21(30)26(18)14-8-9-15-27/h16-18,27H,4-15H2,1-3H3,(H,24,28)(H,25,29)/t16-,17-,18?,22+,23?/m0/s1. The molecule has 0 aliphatic carbocycles. The molecule has 0 saturated carbocycles. The number of fused-ring (bicyclic) bond motifs is 1. The molecule has 3 N–H and O–H groups in total. The molecule has 176 valence electrons. The van der Waals surface area contributed by atoms with Gasteiger partial charge in [-0.25, -0.2) is 0 Å². The van der Waals surface area contributed by atoms with Gasteiger partial charge in [-0.05, 0) is 45.4 Å². The molecule has 2 unspecified atom stereocenters. The maximum atomic E-state index is 13.6. The molecule has 3 fully saturated rings. The van der Waals surface area contributed by atoms with E-state index in [1.54, 1.807) is 4.90 Å². The van der Waals surface area contributed by atoms with Crippen molar-refractivity contribution in [1.82, 2.24) is 15.5 Å². The molecule has 0 aromatic rings. The third-order valence-electron chi connectivity index (χ3n) is 7.24. The fraction of sp³-hybridized carbons (Fsp3) is 0.870. The second kappa shape index (κ2) is 9.86. The van der Waals surface area contributed by atoms with Gasteiger partial charge in [-0.15, -0.1) is 0 Å². The van der Waals surface area contributed by atoms with Gasteiger partial charge in [0, 0.05) is 26.2 Å². The van der Waals surface area contributed by atoms with Gasteiger partial charge in [-0.3, -0.25) is 14.4 Å². The van der Waals surface area contributed by atoms with E-state index in [0.29, 0.717) is 45.3 Å².